The van der Waals surface area contributed by atoms with Crippen LogP contribution in [0.1, 0.15) is 32.4 Å². The van der Waals surface area contributed by atoms with Gasteiger partial charge in [-0.2, -0.15) is 11.8 Å². The van der Waals surface area contributed by atoms with Crippen LogP contribution in [0.3, 0.4) is 0 Å². The van der Waals surface area contributed by atoms with E-state index in [9.17, 15) is 9.50 Å². The van der Waals surface area contributed by atoms with E-state index in [4.69, 9.17) is 0 Å². The molecule has 1 saturated carbocycles. The fraction of sp³-hybridized carbons (Fsp3) is 0.692. The summed E-state index contributed by atoms with van der Waals surface area (Å²) in [6.45, 7) is 4.26. The second-order valence-corrected chi connectivity index (χ2v) is 6.26. The van der Waals surface area contributed by atoms with Gasteiger partial charge in [0, 0.05) is 11.8 Å². The number of thioether (sulfide) groups is 1. The normalized spacial score (nSPS) is 26.0. The molecular weight excluding hydrogens is 265 g/mol. The molecule has 1 aliphatic rings. The first-order valence-corrected chi connectivity index (χ1v) is 7.72. The van der Waals surface area contributed by atoms with Gasteiger partial charge in [0.05, 0.1) is 11.3 Å². The molecule has 1 aliphatic carbocycles. The Hall–Kier alpha value is -0.880. The van der Waals surface area contributed by atoms with Crippen molar-refractivity contribution in [3.63, 3.8) is 0 Å². The molecule has 106 valence electrons. The van der Waals surface area contributed by atoms with Crippen molar-refractivity contribution in [3.05, 3.63) is 17.8 Å². The van der Waals surface area contributed by atoms with E-state index in [2.05, 4.69) is 22.2 Å². The van der Waals surface area contributed by atoms with Gasteiger partial charge in [-0.05, 0) is 25.0 Å². The average molecular weight is 285 g/mol. The second kappa shape index (κ2) is 6.05. The number of nitrogens with one attached hydrogen (secondary N) is 1. The van der Waals surface area contributed by atoms with Crippen molar-refractivity contribution >= 4 is 17.6 Å². The topological polar surface area (TPSA) is 58.0 Å². The lowest BCUT2D eigenvalue weighted by Crippen LogP contribution is -2.54. The first kappa shape index (κ1) is 14.5. The molecule has 0 spiro atoms. The molecule has 0 bridgehead atoms. The second-order valence-electron chi connectivity index (χ2n) is 4.78. The maximum atomic E-state index is 13.9. The number of anilines is 1. The number of halogens is 1. The van der Waals surface area contributed by atoms with Crippen molar-refractivity contribution in [1.29, 1.82) is 0 Å². The molecule has 1 aromatic rings. The summed E-state index contributed by atoms with van der Waals surface area (Å²) < 4.78 is 13.9. The van der Waals surface area contributed by atoms with Crippen molar-refractivity contribution in [3.8, 4) is 0 Å². The lowest BCUT2D eigenvalue weighted by atomic mass is 9.79. The van der Waals surface area contributed by atoms with E-state index in [0.717, 1.165) is 18.6 Å². The highest BCUT2D eigenvalue weighted by molar-refractivity contribution is 8.00. The lowest BCUT2D eigenvalue weighted by molar-refractivity contribution is -0.0121. The minimum Gasteiger partial charge on any atom is -0.387 e. The quantitative estimate of drug-likeness (QED) is 0.839. The van der Waals surface area contributed by atoms with E-state index in [-0.39, 0.29) is 11.1 Å². The van der Waals surface area contributed by atoms with Crippen molar-refractivity contribution in [1.82, 2.24) is 9.97 Å². The van der Waals surface area contributed by atoms with Crippen LogP contribution in [0, 0.1) is 5.82 Å². The number of aromatic nitrogens is 2. The molecule has 0 unspecified atom stereocenters. The number of rotatable bonds is 6. The standard InChI is InChI=1S/C13H20FN3OS/c1-3-9-11(14)12(17-8-16-9)15-7-13(18)6-5-10(13)19-4-2/h8,10,18H,3-7H2,1-2H3,(H,15,16,17)/t10-,13-/m1/s1. The van der Waals surface area contributed by atoms with Gasteiger partial charge in [-0.1, -0.05) is 13.8 Å². The summed E-state index contributed by atoms with van der Waals surface area (Å²) in [6.07, 6.45) is 3.66. The molecule has 0 aromatic carbocycles. The zero-order chi connectivity index (χ0) is 13.9. The number of aryl methyl sites for hydroxylation is 1. The zero-order valence-electron chi connectivity index (χ0n) is 11.3. The number of hydrogen-bond acceptors (Lipinski definition) is 5. The van der Waals surface area contributed by atoms with E-state index in [1.54, 1.807) is 11.8 Å². The predicted octanol–water partition coefficient (Wildman–Crippen LogP) is 2.24. The van der Waals surface area contributed by atoms with Crippen molar-refractivity contribution in [2.45, 2.75) is 44.0 Å². The van der Waals surface area contributed by atoms with Gasteiger partial charge < -0.3 is 10.4 Å². The average Bonchev–Trinajstić information content (AvgIpc) is 2.42. The Kier molecular flexibility index (Phi) is 4.62. The van der Waals surface area contributed by atoms with Crippen LogP contribution in [0.15, 0.2) is 6.33 Å². The van der Waals surface area contributed by atoms with Crippen molar-refractivity contribution in [2.24, 2.45) is 0 Å². The fourth-order valence-corrected chi connectivity index (χ4v) is 3.45. The Morgan fingerprint density at radius 2 is 2.32 bits per heavy atom. The van der Waals surface area contributed by atoms with Gasteiger partial charge in [0.25, 0.3) is 0 Å². The maximum Gasteiger partial charge on any atom is 0.186 e. The van der Waals surface area contributed by atoms with E-state index >= 15 is 0 Å². The molecule has 4 nitrogen and oxygen atoms in total. The summed E-state index contributed by atoms with van der Waals surface area (Å²) in [5, 5.41) is 13.6. The Labute approximate surface area is 117 Å². The Balaban J connectivity index is 1.99. The van der Waals surface area contributed by atoms with E-state index in [1.807, 2.05) is 6.92 Å². The van der Waals surface area contributed by atoms with Crippen LogP contribution in [0.25, 0.3) is 0 Å². The SMILES string of the molecule is CCS[C@@H]1CC[C@@]1(O)CNc1ncnc(CC)c1F. The van der Waals surface area contributed by atoms with Gasteiger partial charge in [0.2, 0.25) is 0 Å². The van der Waals surface area contributed by atoms with Gasteiger partial charge in [0.1, 0.15) is 6.33 Å². The van der Waals surface area contributed by atoms with E-state index in [0.29, 0.717) is 18.7 Å². The molecule has 19 heavy (non-hydrogen) atoms. The number of nitrogens with zero attached hydrogens (tertiary/aromatic N) is 2. The third-order valence-electron chi connectivity index (χ3n) is 3.57. The lowest BCUT2D eigenvalue weighted by Gasteiger charge is -2.45. The molecule has 0 amide bonds. The van der Waals surface area contributed by atoms with Crippen LogP contribution in [0.4, 0.5) is 10.2 Å². The molecule has 2 rings (SSSR count). The minimum atomic E-state index is -0.746. The highest BCUT2D eigenvalue weighted by Gasteiger charge is 2.45. The highest BCUT2D eigenvalue weighted by atomic mass is 32.2. The third kappa shape index (κ3) is 3.00. The monoisotopic (exact) mass is 285 g/mol. The van der Waals surface area contributed by atoms with Crippen LogP contribution >= 0.6 is 11.8 Å². The summed E-state index contributed by atoms with van der Waals surface area (Å²) in [7, 11) is 0. The molecule has 0 saturated heterocycles. The Morgan fingerprint density at radius 1 is 1.53 bits per heavy atom. The summed E-state index contributed by atoms with van der Waals surface area (Å²) in [4.78, 5) is 7.79. The summed E-state index contributed by atoms with van der Waals surface area (Å²) in [6, 6.07) is 0. The minimum absolute atomic E-state index is 0.187. The van der Waals surface area contributed by atoms with Crippen molar-refractivity contribution < 1.29 is 9.50 Å². The molecule has 2 N–H and O–H groups in total. The maximum absolute atomic E-state index is 13.9. The predicted molar refractivity (Wildman–Crippen MR) is 76.0 cm³/mol. The largest absolute Gasteiger partial charge is 0.387 e. The first-order valence-electron chi connectivity index (χ1n) is 6.68. The van der Waals surface area contributed by atoms with Gasteiger partial charge in [-0.25, -0.2) is 14.4 Å². The zero-order valence-corrected chi connectivity index (χ0v) is 12.1. The molecule has 1 heterocycles. The van der Waals surface area contributed by atoms with Gasteiger partial charge in [-0.15, -0.1) is 0 Å². The van der Waals surface area contributed by atoms with Gasteiger partial charge >= 0.3 is 0 Å². The molecule has 0 aliphatic heterocycles. The van der Waals surface area contributed by atoms with E-state index < -0.39 is 11.4 Å². The van der Waals surface area contributed by atoms with Crippen LogP contribution in [-0.2, 0) is 6.42 Å². The van der Waals surface area contributed by atoms with Crippen molar-refractivity contribution in [2.75, 3.05) is 17.6 Å². The molecule has 2 atom stereocenters. The van der Waals surface area contributed by atoms with Gasteiger partial charge in [0.15, 0.2) is 11.6 Å². The van der Waals surface area contributed by atoms with Gasteiger partial charge in [-0.3, -0.25) is 0 Å². The molecule has 1 fully saturated rings. The van der Waals surface area contributed by atoms with Crippen LogP contribution in [0.2, 0.25) is 0 Å². The van der Waals surface area contributed by atoms with E-state index in [1.165, 1.54) is 6.33 Å². The molecule has 0 radical (unpaired) electrons. The number of aliphatic hydroxyl groups is 1. The number of hydrogen-bond donors (Lipinski definition) is 2. The Morgan fingerprint density at radius 3 is 2.89 bits per heavy atom. The summed E-state index contributed by atoms with van der Waals surface area (Å²) in [5.74, 6) is 0.759. The highest BCUT2D eigenvalue weighted by Crippen LogP contribution is 2.41. The van der Waals surface area contributed by atoms with Crippen LogP contribution in [0.5, 0.6) is 0 Å². The Bertz CT molecular complexity index is 446. The summed E-state index contributed by atoms with van der Waals surface area (Å²) >= 11 is 1.76. The molecular formula is C13H20FN3OS. The smallest absolute Gasteiger partial charge is 0.186 e. The molecule has 1 aromatic heterocycles. The summed E-state index contributed by atoms with van der Waals surface area (Å²) in [5.41, 5.74) is -0.345. The first-order chi connectivity index (χ1) is 9.10. The van der Waals surface area contributed by atoms with Crippen LogP contribution in [-0.4, -0.2) is 38.2 Å². The fourth-order valence-electron chi connectivity index (χ4n) is 2.25. The molecule has 6 heteroatoms. The van der Waals surface area contributed by atoms with Crippen LogP contribution < -0.4 is 5.32 Å². The third-order valence-corrected chi connectivity index (χ3v) is 4.98.